The average Bonchev–Trinajstić information content (AvgIpc) is 3.02. The van der Waals surface area contributed by atoms with Gasteiger partial charge in [0.05, 0.1) is 12.2 Å². The molecule has 0 spiro atoms. The van der Waals surface area contributed by atoms with Gasteiger partial charge in [-0.05, 0) is 63.2 Å². The van der Waals surface area contributed by atoms with Gasteiger partial charge in [-0.15, -0.1) is 0 Å². The Bertz CT molecular complexity index is 699. The molecular weight excluding hydrogens is 388 g/mol. The van der Waals surface area contributed by atoms with E-state index in [4.69, 9.17) is 0 Å². The number of piperidine rings is 3. The Morgan fingerprint density at radius 1 is 0.897 bits per heavy atom. The topological polar surface area (TPSA) is 73.0 Å². The van der Waals surface area contributed by atoms with Crippen molar-refractivity contribution in [1.29, 1.82) is 0 Å². The van der Waals surface area contributed by atoms with Gasteiger partial charge in [0, 0.05) is 44.8 Å². The Hall–Kier alpha value is -0.700. The van der Waals surface area contributed by atoms with Gasteiger partial charge in [-0.25, -0.2) is 17.7 Å². The third-order valence-electron chi connectivity index (χ3n) is 8.02. The predicted octanol–water partition coefficient (Wildman–Crippen LogP) is 1.52. The second-order valence-corrected chi connectivity index (χ2v) is 12.0. The number of rotatable bonds is 3. The van der Waals surface area contributed by atoms with Crippen LogP contribution in [-0.2, 0) is 14.8 Å². The minimum Gasteiger partial charge on any atom is -0.342 e. The van der Waals surface area contributed by atoms with Gasteiger partial charge in [0.2, 0.25) is 15.9 Å². The molecule has 7 nitrogen and oxygen atoms in total. The number of nitrogens with one attached hydrogen (secondary N) is 1. The molecule has 0 aromatic rings. The second kappa shape index (κ2) is 8.44. The van der Waals surface area contributed by atoms with E-state index in [1.54, 1.807) is 4.31 Å². The molecule has 0 bridgehead atoms. The van der Waals surface area contributed by atoms with Crippen LogP contribution in [0.5, 0.6) is 0 Å². The molecule has 0 aromatic heterocycles. The number of carbonyl (C=O) groups is 1. The first kappa shape index (κ1) is 21.5. The summed E-state index contributed by atoms with van der Waals surface area (Å²) in [5.74, 6) is 2.30. The molecule has 0 aliphatic carbocycles. The average molecular weight is 427 g/mol. The van der Waals surface area contributed by atoms with Crippen molar-refractivity contribution < 1.29 is 13.2 Å². The molecule has 4 saturated heterocycles. The zero-order valence-corrected chi connectivity index (χ0v) is 19.0. The minimum absolute atomic E-state index is 0.0438. The van der Waals surface area contributed by atoms with E-state index in [2.05, 4.69) is 29.2 Å². The summed E-state index contributed by atoms with van der Waals surface area (Å²) in [6, 6.07) is 0.473. The normalized spacial score (nSPS) is 36.3. The standard InChI is InChI=1S/C21H38N4O3S/c1-15-4-9-23(10-5-15)21(26)20-16(2)22-25-13-8-18(14-19(20)25)17-6-11-24(12-7-17)29(3,27)28/h15-20,22H,4-14H2,1-3H3. The van der Waals surface area contributed by atoms with Crippen molar-refractivity contribution in [3.8, 4) is 0 Å². The van der Waals surface area contributed by atoms with Crippen molar-refractivity contribution in [2.24, 2.45) is 23.7 Å². The molecule has 1 amide bonds. The molecule has 0 saturated carbocycles. The number of likely N-dealkylation sites (tertiary alicyclic amines) is 1. The lowest BCUT2D eigenvalue weighted by molar-refractivity contribution is -0.138. The first-order valence-corrected chi connectivity index (χ1v) is 13.4. The van der Waals surface area contributed by atoms with Gasteiger partial charge in [-0.3, -0.25) is 10.2 Å². The van der Waals surface area contributed by atoms with Gasteiger partial charge in [0.15, 0.2) is 0 Å². The maximum absolute atomic E-state index is 13.4. The number of hydrogen-bond acceptors (Lipinski definition) is 5. The lowest BCUT2D eigenvalue weighted by Crippen LogP contribution is -2.50. The molecule has 29 heavy (non-hydrogen) atoms. The summed E-state index contributed by atoms with van der Waals surface area (Å²) in [5, 5.41) is 2.34. The highest BCUT2D eigenvalue weighted by molar-refractivity contribution is 7.88. The van der Waals surface area contributed by atoms with E-state index in [1.807, 2.05) is 0 Å². The number of hydrogen-bond donors (Lipinski definition) is 1. The third kappa shape index (κ3) is 4.50. The Morgan fingerprint density at radius 2 is 1.52 bits per heavy atom. The van der Waals surface area contributed by atoms with Crippen LogP contribution in [0, 0.1) is 23.7 Å². The summed E-state index contributed by atoms with van der Waals surface area (Å²) in [6.07, 6.45) is 7.66. The Morgan fingerprint density at radius 3 is 2.14 bits per heavy atom. The monoisotopic (exact) mass is 426 g/mol. The van der Waals surface area contributed by atoms with Crippen LogP contribution >= 0.6 is 0 Å². The van der Waals surface area contributed by atoms with Gasteiger partial charge in [-0.2, -0.15) is 0 Å². The van der Waals surface area contributed by atoms with Crippen LogP contribution < -0.4 is 5.43 Å². The molecule has 4 atom stereocenters. The van der Waals surface area contributed by atoms with Gasteiger partial charge in [0.1, 0.15) is 0 Å². The van der Waals surface area contributed by atoms with Gasteiger partial charge in [0.25, 0.3) is 0 Å². The molecule has 1 N–H and O–H groups in total. The number of fused-ring (bicyclic) bond motifs is 1. The van der Waals surface area contributed by atoms with E-state index in [-0.39, 0.29) is 18.0 Å². The molecule has 8 heteroatoms. The highest BCUT2D eigenvalue weighted by atomic mass is 32.2. The fourth-order valence-electron chi connectivity index (χ4n) is 6.13. The van der Waals surface area contributed by atoms with E-state index in [0.717, 1.165) is 64.1 Å². The molecular formula is C21H38N4O3S. The molecule has 4 rings (SSSR count). The lowest BCUT2D eigenvalue weighted by atomic mass is 9.74. The van der Waals surface area contributed by atoms with Crippen molar-refractivity contribution in [2.75, 3.05) is 39.0 Å². The van der Waals surface area contributed by atoms with Crippen LogP contribution in [0.2, 0.25) is 0 Å². The predicted molar refractivity (Wildman–Crippen MR) is 113 cm³/mol. The maximum atomic E-state index is 13.4. The van der Waals surface area contributed by atoms with Crippen LogP contribution in [0.1, 0.15) is 52.4 Å². The van der Waals surface area contributed by atoms with Crippen LogP contribution in [0.3, 0.4) is 0 Å². The molecule has 4 aliphatic heterocycles. The Kier molecular flexibility index (Phi) is 6.27. The first-order chi connectivity index (χ1) is 13.7. The molecule has 166 valence electrons. The van der Waals surface area contributed by atoms with Crippen LogP contribution in [0.15, 0.2) is 0 Å². The molecule has 4 unspecified atom stereocenters. The molecule has 4 heterocycles. The van der Waals surface area contributed by atoms with Crippen LogP contribution in [-0.4, -0.2) is 79.6 Å². The highest BCUT2D eigenvalue weighted by Crippen LogP contribution is 2.40. The zero-order valence-electron chi connectivity index (χ0n) is 18.2. The summed E-state index contributed by atoms with van der Waals surface area (Å²) < 4.78 is 25.3. The Labute approximate surface area is 176 Å². The third-order valence-corrected chi connectivity index (χ3v) is 9.33. The van der Waals surface area contributed by atoms with Gasteiger partial charge >= 0.3 is 0 Å². The van der Waals surface area contributed by atoms with Crippen molar-refractivity contribution in [3.63, 3.8) is 0 Å². The van der Waals surface area contributed by atoms with Crippen molar-refractivity contribution in [2.45, 2.75) is 64.5 Å². The van der Waals surface area contributed by atoms with Crippen molar-refractivity contribution >= 4 is 15.9 Å². The van der Waals surface area contributed by atoms with Crippen molar-refractivity contribution in [3.05, 3.63) is 0 Å². The maximum Gasteiger partial charge on any atom is 0.228 e. The van der Waals surface area contributed by atoms with Gasteiger partial charge in [-0.1, -0.05) is 6.92 Å². The minimum atomic E-state index is -3.07. The largest absolute Gasteiger partial charge is 0.342 e. The number of nitrogens with zero attached hydrogens (tertiary/aromatic N) is 3. The van der Waals surface area contributed by atoms with Crippen LogP contribution in [0.25, 0.3) is 0 Å². The second-order valence-electron chi connectivity index (χ2n) is 10.00. The molecule has 0 radical (unpaired) electrons. The SMILES string of the molecule is CC1CCN(C(=O)C2C(C)NN3CCC(C4CCN(S(C)(=O)=O)CC4)CC23)CC1. The number of carbonyl (C=O) groups excluding carboxylic acids is 1. The van der Waals surface area contributed by atoms with E-state index < -0.39 is 10.0 Å². The molecule has 4 fully saturated rings. The summed E-state index contributed by atoms with van der Waals surface area (Å²) in [5.41, 5.74) is 3.58. The Balaban J connectivity index is 1.39. The van der Waals surface area contributed by atoms with E-state index in [1.165, 1.54) is 6.26 Å². The smallest absolute Gasteiger partial charge is 0.228 e. The fourth-order valence-corrected chi connectivity index (χ4v) is 7.00. The van der Waals surface area contributed by atoms with Gasteiger partial charge < -0.3 is 4.90 Å². The lowest BCUT2D eigenvalue weighted by Gasteiger charge is -2.42. The number of hydrazine groups is 1. The summed E-state index contributed by atoms with van der Waals surface area (Å²) in [6.45, 7) is 8.55. The van der Waals surface area contributed by atoms with Crippen molar-refractivity contribution in [1.82, 2.24) is 19.6 Å². The zero-order chi connectivity index (χ0) is 20.8. The van der Waals surface area contributed by atoms with E-state index in [9.17, 15) is 13.2 Å². The summed E-state index contributed by atoms with van der Waals surface area (Å²) in [7, 11) is -3.07. The molecule has 0 aromatic carbocycles. The summed E-state index contributed by atoms with van der Waals surface area (Å²) >= 11 is 0. The van der Waals surface area contributed by atoms with E-state index >= 15 is 0 Å². The molecule has 4 aliphatic rings. The quantitative estimate of drug-likeness (QED) is 0.741. The number of sulfonamides is 1. The summed E-state index contributed by atoms with van der Waals surface area (Å²) in [4.78, 5) is 15.5. The number of amides is 1. The first-order valence-electron chi connectivity index (χ1n) is 11.5. The van der Waals surface area contributed by atoms with Crippen LogP contribution in [0.4, 0.5) is 0 Å². The fraction of sp³-hybridized carbons (Fsp3) is 0.952. The highest BCUT2D eigenvalue weighted by Gasteiger charge is 2.48. The van der Waals surface area contributed by atoms with E-state index in [0.29, 0.717) is 30.8 Å².